The monoisotopic (exact) mass is 314 g/mol. The van der Waals surface area contributed by atoms with Gasteiger partial charge in [0.25, 0.3) is 0 Å². The second-order valence-corrected chi connectivity index (χ2v) is 5.94. The zero-order valence-corrected chi connectivity index (χ0v) is 13.9. The highest BCUT2D eigenvalue weighted by Gasteiger charge is 2.11. The van der Waals surface area contributed by atoms with Crippen LogP contribution in [0.4, 0.5) is 5.69 Å². The number of nitrogens with one attached hydrogen (secondary N) is 2. The molecule has 0 radical (unpaired) electrons. The molecule has 0 spiro atoms. The smallest absolute Gasteiger partial charge is 0.233 e. The van der Waals surface area contributed by atoms with Crippen LogP contribution in [0.5, 0.6) is 0 Å². The molecule has 124 valence electrons. The van der Waals surface area contributed by atoms with Crippen molar-refractivity contribution in [3.8, 4) is 0 Å². The second-order valence-electron chi connectivity index (χ2n) is 5.94. The third kappa shape index (κ3) is 5.89. The summed E-state index contributed by atoms with van der Waals surface area (Å²) in [5.41, 5.74) is 3.29. The Bertz CT molecular complexity index is 578. The lowest BCUT2D eigenvalue weighted by atomic mass is 9.97. The van der Waals surface area contributed by atoms with Gasteiger partial charge in [0, 0.05) is 12.2 Å². The minimum absolute atomic E-state index is 0.128. The molecule has 0 atom stereocenters. The van der Waals surface area contributed by atoms with Gasteiger partial charge in [-0.05, 0) is 50.2 Å². The average molecular weight is 314 g/mol. The van der Waals surface area contributed by atoms with Crippen LogP contribution >= 0.6 is 0 Å². The fourth-order valence-electron chi connectivity index (χ4n) is 2.85. The molecule has 0 bridgehead atoms. The van der Waals surface area contributed by atoms with Crippen molar-refractivity contribution in [3.05, 3.63) is 41.5 Å². The van der Waals surface area contributed by atoms with E-state index in [-0.39, 0.29) is 18.2 Å². The normalized spacial score (nSPS) is 14.0. The molecule has 0 saturated heterocycles. The number of allylic oxidation sites excluding steroid dienone is 1. The van der Waals surface area contributed by atoms with Crippen LogP contribution in [-0.2, 0) is 16.0 Å². The fraction of sp³-hybridized carbons (Fsp3) is 0.474. The van der Waals surface area contributed by atoms with Crippen molar-refractivity contribution in [2.75, 3.05) is 11.9 Å². The summed E-state index contributed by atoms with van der Waals surface area (Å²) in [6.45, 7) is 2.65. The first-order valence-corrected chi connectivity index (χ1v) is 8.51. The van der Waals surface area contributed by atoms with Gasteiger partial charge < -0.3 is 10.6 Å². The predicted molar refractivity (Wildman–Crippen MR) is 93.2 cm³/mol. The van der Waals surface area contributed by atoms with Crippen molar-refractivity contribution in [2.45, 2.75) is 51.9 Å². The van der Waals surface area contributed by atoms with Crippen molar-refractivity contribution < 1.29 is 9.59 Å². The lowest BCUT2D eigenvalue weighted by molar-refractivity contribution is -0.126. The number of hydrogen-bond donors (Lipinski definition) is 2. The molecule has 2 amide bonds. The molecule has 4 heteroatoms. The maximum Gasteiger partial charge on any atom is 0.233 e. The molecular weight excluding hydrogens is 288 g/mol. The van der Waals surface area contributed by atoms with E-state index in [4.69, 9.17) is 0 Å². The number of carbonyl (C=O) groups is 2. The van der Waals surface area contributed by atoms with Crippen molar-refractivity contribution in [3.63, 3.8) is 0 Å². The van der Waals surface area contributed by atoms with Crippen LogP contribution in [0.2, 0.25) is 0 Å². The number of rotatable bonds is 7. The molecule has 1 aromatic rings. The SMILES string of the molecule is CCc1ccccc1NC(=O)CC(=O)NCCC1=CCCCC1. The zero-order valence-electron chi connectivity index (χ0n) is 13.9. The minimum atomic E-state index is -0.264. The van der Waals surface area contributed by atoms with E-state index < -0.39 is 0 Å². The average Bonchev–Trinajstić information content (AvgIpc) is 2.56. The summed E-state index contributed by atoms with van der Waals surface area (Å²) in [6, 6.07) is 7.67. The molecule has 0 unspecified atom stereocenters. The Morgan fingerprint density at radius 1 is 1.13 bits per heavy atom. The lowest BCUT2D eigenvalue weighted by Crippen LogP contribution is -2.29. The third-order valence-corrected chi connectivity index (χ3v) is 4.15. The number of hydrogen-bond acceptors (Lipinski definition) is 2. The van der Waals surface area contributed by atoms with E-state index in [9.17, 15) is 9.59 Å². The van der Waals surface area contributed by atoms with Crippen LogP contribution in [-0.4, -0.2) is 18.4 Å². The van der Waals surface area contributed by atoms with Crippen LogP contribution < -0.4 is 10.6 Å². The molecule has 2 N–H and O–H groups in total. The molecule has 23 heavy (non-hydrogen) atoms. The number of aryl methyl sites for hydroxylation is 1. The van der Waals surface area contributed by atoms with Crippen molar-refractivity contribution >= 4 is 17.5 Å². The van der Waals surface area contributed by atoms with Gasteiger partial charge in [-0.15, -0.1) is 0 Å². The van der Waals surface area contributed by atoms with E-state index in [2.05, 4.69) is 16.7 Å². The maximum absolute atomic E-state index is 12.0. The van der Waals surface area contributed by atoms with Crippen LogP contribution in [0.1, 0.15) is 51.0 Å². The molecule has 0 aromatic heterocycles. The topological polar surface area (TPSA) is 58.2 Å². The minimum Gasteiger partial charge on any atom is -0.355 e. The Balaban J connectivity index is 1.72. The fourth-order valence-corrected chi connectivity index (χ4v) is 2.85. The van der Waals surface area contributed by atoms with Crippen LogP contribution in [0, 0.1) is 0 Å². The molecular formula is C19H26N2O2. The summed E-state index contributed by atoms with van der Waals surface area (Å²) in [5, 5.41) is 5.66. The van der Waals surface area contributed by atoms with E-state index >= 15 is 0 Å². The third-order valence-electron chi connectivity index (χ3n) is 4.15. The summed E-state index contributed by atoms with van der Waals surface area (Å²) in [7, 11) is 0. The van der Waals surface area contributed by atoms with E-state index in [1.165, 1.54) is 18.4 Å². The highest BCUT2D eigenvalue weighted by molar-refractivity contribution is 6.03. The van der Waals surface area contributed by atoms with Gasteiger partial charge >= 0.3 is 0 Å². The summed E-state index contributed by atoms with van der Waals surface area (Å²) >= 11 is 0. The highest BCUT2D eigenvalue weighted by atomic mass is 16.2. The molecule has 0 fully saturated rings. The molecule has 2 rings (SSSR count). The van der Waals surface area contributed by atoms with Gasteiger partial charge in [-0.1, -0.05) is 36.8 Å². The van der Waals surface area contributed by atoms with Crippen molar-refractivity contribution in [1.29, 1.82) is 0 Å². The van der Waals surface area contributed by atoms with E-state index in [0.29, 0.717) is 6.54 Å². The largest absolute Gasteiger partial charge is 0.355 e. The van der Waals surface area contributed by atoms with Gasteiger partial charge in [0.2, 0.25) is 11.8 Å². The van der Waals surface area contributed by atoms with E-state index in [1.54, 1.807) is 0 Å². The molecule has 1 aliphatic carbocycles. The van der Waals surface area contributed by atoms with Crippen molar-refractivity contribution in [1.82, 2.24) is 5.32 Å². The summed E-state index contributed by atoms with van der Waals surface area (Å²) in [4.78, 5) is 23.8. The van der Waals surface area contributed by atoms with Crippen LogP contribution in [0.15, 0.2) is 35.9 Å². The van der Waals surface area contributed by atoms with E-state index in [1.807, 2.05) is 31.2 Å². The summed E-state index contributed by atoms with van der Waals surface area (Å²) < 4.78 is 0. The van der Waals surface area contributed by atoms with Crippen molar-refractivity contribution in [2.24, 2.45) is 0 Å². The number of carbonyl (C=O) groups excluding carboxylic acids is 2. The van der Waals surface area contributed by atoms with Gasteiger partial charge in [-0.2, -0.15) is 0 Å². The van der Waals surface area contributed by atoms with Gasteiger partial charge in [-0.3, -0.25) is 9.59 Å². The quantitative estimate of drug-likeness (QED) is 0.597. The Hall–Kier alpha value is -2.10. The summed E-state index contributed by atoms with van der Waals surface area (Å²) in [5.74, 6) is -0.479. The first-order valence-electron chi connectivity index (χ1n) is 8.51. The van der Waals surface area contributed by atoms with Gasteiger partial charge in [0.15, 0.2) is 0 Å². The summed E-state index contributed by atoms with van der Waals surface area (Å²) in [6.07, 6.45) is 8.71. The molecule has 1 aliphatic rings. The van der Waals surface area contributed by atoms with Crippen LogP contribution in [0.3, 0.4) is 0 Å². The van der Waals surface area contributed by atoms with Gasteiger partial charge in [-0.25, -0.2) is 0 Å². The Labute approximate surface area is 138 Å². The molecule has 0 saturated carbocycles. The number of amides is 2. The molecule has 1 aromatic carbocycles. The zero-order chi connectivity index (χ0) is 16.5. The standard InChI is InChI=1S/C19H26N2O2/c1-2-16-10-6-7-11-17(16)21-19(23)14-18(22)20-13-12-15-8-4-3-5-9-15/h6-8,10-11H,2-5,9,12-14H2,1H3,(H,20,22)(H,21,23). The Morgan fingerprint density at radius 3 is 2.70 bits per heavy atom. The maximum atomic E-state index is 12.0. The van der Waals surface area contributed by atoms with Crippen LogP contribution in [0.25, 0.3) is 0 Å². The molecule has 0 heterocycles. The van der Waals surface area contributed by atoms with Gasteiger partial charge in [0.1, 0.15) is 6.42 Å². The Morgan fingerprint density at radius 2 is 1.96 bits per heavy atom. The first-order chi connectivity index (χ1) is 11.2. The number of anilines is 1. The lowest BCUT2D eigenvalue weighted by Gasteiger charge is -2.13. The van der Waals surface area contributed by atoms with E-state index in [0.717, 1.165) is 36.9 Å². The first kappa shape index (κ1) is 17.3. The number of benzene rings is 1. The molecule has 0 aliphatic heterocycles. The second kappa shape index (κ2) is 9.13. The Kier molecular flexibility index (Phi) is 6.85. The molecule has 4 nitrogen and oxygen atoms in total. The highest BCUT2D eigenvalue weighted by Crippen LogP contribution is 2.19. The predicted octanol–water partition coefficient (Wildman–Crippen LogP) is 3.58. The number of para-hydroxylation sites is 1. The van der Waals surface area contributed by atoms with Gasteiger partial charge in [0.05, 0.1) is 0 Å².